The molecule has 0 bridgehead atoms. The predicted molar refractivity (Wildman–Crippen MR) is 139 cm³/mol. The maximum absolute atomic E-state index is 13.9. The Morgan fingerprint density at radius 1 is 1.19 bits per heavy atom. The van der Waals surface area contributed by atoms with E-state index in [1.54, 1.807) is 39.0 Å². The van der Waals surface area contributed by atoms with Gasteiger partial charge in [0.1, 0.15) is 23.4 Å². The number of nitrogens with zero attached hydrogens (tertiary/aromatic N) is 1. The summed E-state index contributed by atoms with van der Waals surface area (Å²) in [5, 5.41) is 16.2. The molecule has 2 unspecified atom stereocenters. The highest BCUT2D eigenvalue weighted by molar-refractivity contribution is 5.93. The molecule has 0 aromatic heterocycles. The van der Waals surface area contributed by atoms with Crippen LogP contribution in [0.3, 0.4) is 0 Å². The summed E-state index contributed by atoms with van der Waals surface area (Å²) in [7, 11) is 0. The topological polar surface area (TPSA) is 151 Å². The number of para-hydroxylation sites is 1. The van der Waals surface area contributed by atoms with E-state index >= 15 is 0 Å². The lowest BCUT2D eigenvalue weighted by Gasteiger charge is -2.35. The van der Waals surface area contributed by atoms with Crippen molar-refractivity contribution in [3.63, 3.8) is 0 Å². The molecule has 0 saturated heterocycles. The van der Waals surface area contributed by atoms with E-state index in [0.717, 1.165) is 32.1 Å². The molecule has 0 heterocycles. The van der Waals surface area contributed by atoms with E-state index < -0.39 is 41.5 Å². The molecule has 1 aromatic rings. The van der Waals surface area contributed by atoms with Crippen LogP contribution in [0.1, 0.15) is 77.3 Å². The number of alkyl carbamates (subject to hydrolysis) is 1. The Balaban J connectivity index is 2.44. The van der Waals surface area contributed by atoms with Crippen LogP contribution >= 0.6 is 0 Å². The van der Waals surface area contributed by atoms with Gasteiger partial charge in [-0.15, -0.1) is 6.58 Å². The number of nitrogens with one attached hydrogen (secondary N) is 2. The molecule has 1 fully saturated rings. The fourth-order valence-corrected chi connectivity index (χ4v) is 4.35. The molecule has 1 saturated carbocycles. The number of nitrogens with two attached hydrogens (primary N) is 1. The van der Waals surface area contributed by atoms with Crippen molar-refractivity contribution in [2.24, 2.45) is 5.73 Å². The summed E-state index contributed by atoms with van der Waals surface area (Å²) in [6.45, 7) is 8.71. The van der Waals surface area contributed by atoms with Crippen molar-refractivity contribution in [3.8, 4) is 5.75 Å². The number of aromatic hydroxyl groups is 1. The Labute approximate surface area is 218 Å². The summed E-state index contributed by atoms with van der Waals surface area (Å²) in [6, 6.07) is 3.84. The molecule has 1 aliphatic carbocycles. The number of carbonyl (C=O) groups excluding carboxylic acids is 4. The molecule has 0 radical (unpaired) electrons. The monoisotopic (exact) mass is 516 g/mol. The summed E-state index contributed by atoms with van der Waals surface area (Å²) >= 11 is 0. The van der Waals surface area contributed by atoms with E-state index in [2.05, 4.69) is 17.2 Å². The Kier molecular flexibility index (Phi) is 11.0. The molecule has 2 atom stereocenters. The van der Waals surface area contributed by atoms with Gasteiger partial charge < -0.3 is 31.1 Å². The number of primary amides is 1. The number of carbonyl (C=O) groups is 4. The SMILES string of the molecule is C=CCN(C(=O)C(CCC(N)=O)NC(=O)OC(C)(C)C)C(C(=O)NC1CCCCC1)c1ccccc1O. The maximum Gasteiger partial charge on any atom is 0.408 e. The standard InChI is InChI=1S/C27H40N4O6/c1-5-17-31(25(35)20(15-16-22(28)33)30-26(36)37-27(2,3)4)23(19-13-9-10-14-21(19)32)24(34)29-18-11-7-6-8-12-18/h5,9-10,13-14,18,20,23,32H,1,6-8,11-12,15-17H2,2-4H3,(H2,28,33)(H,29,34)(H,30,36). The van der Waals surface area contributed by atoms with E-state index in [-0.39, 0.29) is 36.7 Å². The molecule has 10 nitrogen and oxygen atoms in total. The number of phenols is 1. The van der Waals surface area contributed by atoms with Crippen molar-refractivity contribution in [3.05, 3.63) is 42.5 Å². The van der Waals surface area contributed by atoms with Gasteiger partial charge in [-0.05, 0) is 46.1 Å². The van der Waals surface area contributed by atoms with Gasteiger partial charge in [0.25, 0.3) is 0 Å². The van der Waals surface area contributed by atoms with Gasteiger partial charge in [-0.2, -0.15) is 0 Å². The van der Waals surface area contributed by atoms with Crippen LogP contribution in [0.4, 0.5) is 4.79 Å². The molecule has 4 amide bonds. The highest BCUT2D eigenvalue weighted by Crippen LogP contribution is 2.31. The average molecular weight is 517 g/mol. The Morgan fingerprint density at radius 2 is 1.84 bits per heavy atom. The maximum atomic E-state index is 13.9. The highest BCUT2D eigenvalue weighted by atomic mass is 16.6. The minimum Gasteiger partial charge on any atom is -0.508 e. The van der Waals surface area contributed by atoms with E-state index in [4.69, 9.17) is 10.5 Å². The number of hydrogen-bond donors (Lipinski definition) is 4. The first-order valence-corrected chi connectivity index (χ1v) is 12.7. The normalized spacial score (nSPS) is 15.6. The third-order valence-electron chi connectivity index (χ3n) is 6.02. The molecule has 204 valence electrons. The zero-order valence-electron chi connectivity index (χ0n) is 22.0. The fourth-order valence-electron chi connectivity index (χ4n) is 4.35. The van der Waals surface area contributed by atoms with Gasteiger partial charge >= 0.3 is 6.09 Å². The van der Waals surface area contributed by atoms with Crippen molar-refractivity contribution in [1.82, 2.24) is 15.5 Å². The Morgan fingerprint density at radius 3 is 2.41 bits per heavy atom. The van der Waals surface area contributed by atoms with Crippen LogP contribution in [-0.4, -0.2) is 58.1 Å². The second-order valence-electron chi connectivity index (χ2n) is 10.3. The van der Waals surface area contributed by atoms with E-state index in [9.17, 15) is 24.3 Å². The summed E-state index contributed by atoms with van der Waals surface area (Å²) in [4.78, 5) is 52.8. The molecule has 5 N–H and O–H groups in total. The molecule has 37 heavy (non-hydrogen) atoms. The van der Waals surface area contributed by atoms with Crippen LogP contribution < -0.4 is 16.4 Å². The van der Waals surface area contributed by atoms with E-state index in [0.29, 0.717) is 0 Å². The average Bonchev–Trinajstić information content (AvgIpc) is 2.81. The van der Waals surface area contributed by atoms with Crippen LogP contribution in [0.5, 0.6) is 5.75 Å². The largest absolute Gasteiger partial charge is 0.508 e. The Bertz CT molecular complexity index is 968. The molecule has 1 aliphatic rings. The lowest BCUT2D eigenvalue weighted by molar-refractivity contribution is -0.142. The number of ether oxygens (including phenoxy) is 1. The van der Waals surface area contributed by atoms with Crippen molar-refractivity contribution in [2.45, 2.75) is 89.4 Å². The van der Waals surface area contributed by atoms with Crippen LogP contribution in [0.2, 0.25) is 0 Å². The third-order valence-corrected chi connectivity index (χ3v) is 6.02. The first kappa shape index (κ1) is 29.7. The smallest absolute Gasteiger partial charge is 0.408 e. The summed E-state index contributed by atoms with van der Waals surface area (Å²) in [5.74, 6) is -1.89. The van der Waals surface area contributed by atoms with Crippen LogP contribution in [0.25, 0.3) is 0 Å². The first-order chi connectivity index (χ1) is 17.4. The minimum atomic E-state index is -1.21. The van der Waals surface area contributed by atoms with Crippen molar-refractivity contribution < 1.29 is 29.0 Å². The quantitative estimate of drug-likeness (QED) is 0.332. The molecule has 1 aromatic carbocycles. The second kappa shape index (κ2) is 13.7. The number of hydrogen-bond acceptors (Lipinski definition) is 6. The second-order valence-corrected chi connectivity index (χ2v) is 10.3. The van der Waals surface area contributed by atoms with Gasteiger partial charge in [-0.1, -0.05) is 43.5 Å². The highest BCUT2D eigenvalue weighted by Gasteiger charge is 2.37. The third kappa shape index (κ3) is 9.44. The van der Waals surface area contributed by atoms with Gasteiger partial charge in [0.15, 0.2) is 0 Å². The fraction of sp³-hybridized carbons (Fsp3) is 0.556. The van der Waals surface area contributed by atoms with E-state index in [1.807, 2.05) is 0 Å². The van der Waals surface area contributed by atoms with Crippen LogP contribution in [0, 0.1) is 0 Å². The predicted octanol–water partition coefficient (Wildman–Crippen LogP) is 3.06. The van der Waals surface area contributed by atoms with Gasteiger partial charge in [-0.25, -0.2) is 4.79 Å². The first-order valence-electron chi connectivity index (χ1n) is 12.7. The molecule has 0 spiro atoms. The van der Waals surface area contributed by atoms with Gasteiger partial charge in [0.05, 0.1) is 0 Å². The van der Waals surface area contributed by atoms with Gasteiger partial charge in [0, 0.05) is 24.6 Å². The molecule has 2 rings (SSSR count). The lowest BCUT2D eigenvalue weighted by Crippen LogP contribution is -2.54. The minimum absolute atomic E-state index is 0.0409. The number of amides is 4. The summed E-state index contributed by atoms with van der Waals surface area (Å²) < 4.78 is 5.30. The van der Waals surface area contributed by atoms with Crippen LogP contribution in [0.15, 0.2) is 36.9 Å². The van der Waals surface area contributed by atoms with Crippen molar-refractivity contribution in [1.29, 1.82) is 0 Å². The number of rotatable bonds is 11. The van der Waals surface area contributed by atoms with Crippen molar-refractivity contribution in [2.75, 3.05) is 6.54 Å². The Hall–Kier alpha value is -3.56. The molecular weight excluding hydrogens is 476 g/mol. The summed E-state index contributed by atoms with van der Waals surface area (Å²) in [5.41, 5.74) is 4.72. The van der Waals surface area contributed by atoms with Gasteiger partial charge in [-0.3, -0.25) is 14.4 Å². The van der Waals surface area contributed by atoms with Gasteiger partial charge in [0.2, 0.25) is 17.7 Å². The number of benzene rings is 1. The lowest BCUT2D eigenvalue weighted by atomic mass is 9.94. The zero-order chi connectivity index (χ0) is 27.6. The molecule has 10 heteroatoms. The summed E-state index contributed by atoms with van der Waals surface area (Å²) in [6.07, 6.45) is 5.09. The number of phenolic OH excluding ortho intramolecular Hbond substituents is 1. The van der Waals surface area contributed by atoms with Crippen LogP contribution in [-0.2, 0) is 19.1 Å². The van der Waals surface area contributed by atoms with E-state index in [1.165, 1.54) is 17.0 Å². The molecular formula is C27H40N4O6. The molecule has 0 aliphatic heterocycles. The zero-order valence-corrected chi connectivity index (χ0v) is 22.0. The van der Waals surface area contributed by atoms with Crippen molar-refractivity contribution >= 4 is 23.8 Å².